The maximum Gasteiger partial charge on any atom is 0.105 e. The smallest absolute Gasteiger partial charge is 0.105 e. The number of halogens is 2. The van der Waals surface area contributed by atoms with Crippen molar-refractivity contribution >= 4 is 11.6 Å². The summed E-state index contributed by atoms with van der Waals surface area (Å²) in [5.41, 5.74) is 0. The van der Waals surface area contributed by atoms with Crippen molar-refractivity contribution in [3.05, 3.63) is 23.0 Å². The Hall–Kier alpha value is -0.300. The van der Waals surface area contributed by atoms with Gasteiger partial charge in [-0.3, -0.25) is 0 Å². The van der Waals surface area contributed by atoms with Gasteiger partial charge in [0.15, 0.2) is 0 Å². The van der Waals surface area contributed by atoms with Crippen LogP contribution in [0.4, 0.5) is 4.39 Å². The van der Waals surface area contributed by atoms with E-state index in [2.05, 4.69) is 0 Å². The number of allylic oxidation sites excluding steroid dienone is 4. The third-order valence-corrected chi connectivity index (χ3v) is 2.16. The minimum absolute atomic E-state index is 0.0116. The van der Waals surface area contributed by atoms with Gasteiger partial charge in [0.25, 0.3) is 0 Å². The molecule has 0 saturated heterocycles. The van der Waals surface area contributed by atoms with Gasteiger partial charge in [0.1, 0.15) is 5.83 Å². The fourth-order valence-corrected chi connectivity index (χ4v) is 1.26. The first-order valence-electron chi connectivity index (χ1n) is 3.35. The molecular formula is C8H10ClF. The average Bonchev–Trinajstić information content (AvgIpc) is 1.82. The zero-order chi connectivity index (χ0) is 7.72. The molecule has 2 heteroatoms. The van der Waals surface area contributed by atoms with Crippen molar-refractivity contribution in [1.82, 2.24) is 0 Å². The normalized spacial score (nSPS) is 33.2. The van der Waals surface area contributed by atoms with Crippen LogP contribution in [-0.2, 0) is 0 Å². The molecule has 0 amide bonds. The van der Waals surface area contributed by atoms with Crippen LogP contribution in [0.15, 0.2) is 23.0 Å². The van der Waals surface area contributed by atoms with E-state index in [1.165, 1.54) is 6.08 Å². The number of rotatable bonds is 0. The second-order valence-electron chi connectivity index (χ2n) is 2.73. The van der Waals surface area contributed by atoms with Crippen molar-refractivity contribution in [2.45, 2.75) is 13.8 Å². The van der Waals surface area contributed by atoms with E-state index in [0.29, 0.717) is 5.03 Å². The van der Waals surface area contributed by atoms with Gasteiger partial charge in [0.2, 0.25) is 0 Å². The van der Waals surface area contributed by atoms with Crippen LogP contribution in [0, 0.1) is 11.8 Å². The quantitative estimate of drug-likeness (QED) is 0.510. The summed E-state index contributed by atoms with van der Waals surface area (Å²) in [4.78, 5) is 0. The first kappa shape index (κ1) is 7.80. The highest BCUT2D eigenvalue weighted by atomic mass is 35.5. The zero-order valence-electron chi connectivity index (χ0n) is 6.07. The molecule has 2 atom stereocenters. The number of hydrogen-bond acceptors (Lipinski definition) is 0. The molecule has 1 aliphatic rings. The maximum atomic E-state index is 12.8. The van der Waals surface area contributed by atoms with Gasteiger partial charge >= 0.3 is 0 Å². The molecule has 0 aromatic heterocycles. The van der Waals surface area contributed by atoms with Crippen molar-refractivity contribution in [3.8, 4) is 0 Å². The monoisotopic (exact) mass is 160 g/mol. The first-order chi connectivity index (χ1) is 4.61. The Bertz CT molecular complexity index is 193. The van der Waals surface area contributed by atoms with Crippen LogP contribution in [0.1, 0.15) is 13.8 Å². The molecule has 1 aliphatic carbocycles. The third-order valence-electron chi connectivity index (χ3n) is 1.92. The third kappa shape index (κ3) is 1.40. The summed E-state index contributed by atoms with van der Waals surface area (Å²) in [6.45, 7) is 3.82. The molecule has 0 aliphatic heterocycles. The minimum atomic E-state index is -0.111. The van der Waals surface area contributed by atoms with Crippen LogP contribution in [0.25, 0.3) is 0 Å². The summed E-state index contributed by atoms with van der Waals surface area (Å²) in [7, 11) is 0. The van der Waals surface area contributed by atoms with Gasteiger partial charge < -0.3 is 0 Å². The minimum Gasteiger partial charge on any atom is -0.211 e. The van der Waals surface area contributed by atoms with E-state index in [-0.39, 0.29) is 17.7 Å². The largest absolute Gasteiger partial charge is 0.211 e. The van der Waals surface area contributed by atoms with Crippen molar-refractivity contribution in [2.24, 2.45) is 11.8 Å². The molecular weight excluding hydrogens is 151 g/mol. The van der Waals surface area contributed by atoms with Crippen molar-refractivity contribution in [1.29, 1.82) is 0 Å². The summed E-state index contributed by atoms with van der Waals surface area (Å²) in [6, 6.07) is 0. The summed E-state index contributed by atoms with van der Waals surface area (Å²) < 4.78 is 12.8. The predicted octanol–water partition coefficient (Wildman–Crippen LogP) is 3.25. The molecule has 2 unspecified atom stereocenters. The molecule has 0 nitrogen and oxygen atoms in total. The van der Waals surface area contributed by atoms with Crippen LogP contribution in [-0.4, -0.2) is 0 Å². The molecule has 1 rings (SSSR count). The molecule has 0 aromatic rings. The second kappa shape index (κ2) is 2.75. The molecule has 56 valence electrons. The lowest BCUT2D eigenvalue weighted by Crippen LogP contribution is -2.09. The maximum absolute atomic E-state index is 12.8. The number of hydrogen-bond donors (Lipinski definition) is 0. The Balaban J connectivity index is 2.85. The molecule has 0 saturated carbocycles. The first-order valence-corrected chi connectivity index (χ1v) is 3.73. The Morgan fingerprint density at radius 2 is 2.10 bits per heavy atom. The highest BCUT2D eigenvalue weighted by Gasteiger charge is 2.19. The average molecular weight is 161 g/mol. The summed E-state index contributed by atoms with van der Waals surface area (Å²) in [5.74, 6) is 0.0972. The zero-order valence-corrected chi connectivity index (χ0v) is 6.82. The fourth-order valence-electron chi connectivity index (χ4n) is 0.958. The van der Waals surface area contributed by atoms with Gasteiger partial charge in [0.05, 0.1) is 0 Å². The molecule has 0 bridgehead atoms. The lowest BCUT2D eigenvalue weighted by atomic mass is 9.91. The van der Waals surface area contributed by atoms with Crippen LogP contribution >= 0.6 is 11.6 Å². The van der Waals surface area contributed by atoms with E-state index in [9.17, 15) is 4.39 Å². The Labute approximate surface area is 65.4 Å². The second-order valence-corrected chi connectivity index (χ2v) is 3.17. The van der Waals surface area contributed by atoms with Crippen LogP contribution < -0.4 is 0 Å². The van der Waals surface area contributed by atoms with Gasteiger partial charge in [-0.25, -0.2) is 4.39 Å². The molecule has 10 heavy (non-hydrogen) atoms. The summed E-state index contributed by atoms with van der Waals surface area (Å²) in [5, 5.41) is 0.517. The van der Waals surface area contributed by atoms with Gasteiger partial charge in [-0.05, 0) is 12.0 Å². The molecule has 0 heterocycles. The summed E-state index contributed by atoms with van der Waals surface area (Å²) >= 11 is 5.62. The fraction of sp³-hybridized carbons (Fsp3) is 0.500. The Kier molecular flexibility index (Phi) is 2.14. The predicted molar refractivity (Wildman–Crippen MR) is 41.5 cm³/mol. The van der Waals surface area contributed by atoms with Gasteiger partial charge in [0, 0.05) is 11.0 Å². The Morgan fingerprint density at radius 3 is 2.60 bits per heavy atom. The van der Waals surface area contributed by atoms with Crippen LogP contribution in [0.2, 0.25) is 0 Å². The molecule has 0 radical (unpaired) electrons. The van der Waals surface area contributed by atoms with Crippen molar-refractivity contribution < 1.29 is 4.39 Å². The van der Waals surface area contributed by atoms with Gasteiger partial charge in [-0.2, -0.15) is 0 Å². The lowest BCUT2D eigenvalue weighted by Gasteiger charge is -2.18. The highest BCUT2D eigenvalue weighted by Crippen LogP contribution is 2.30. The van der Waals surface area contributed by atoms with Crippen LogP contribution in [0.5, 0.6) is 0 Å². The summed E-state index contributed by atoms with van der Waals surface area (Å²) in [6.07, 6.45) is 3.25. The van der Waals surface area contributed by atoms with E-state index in [1.54, 1.807) is 0 Å². The topological polar surface area (TPSA) is 0 Å². The van der Waals surface area contributed by atoms with Crippen molar-refractivity contribution in [2.75, 3.05) is 0 Å². The van der Waals surface area contributed by atoms with E-state index < -0.39 is 0 Å². The van der Waals surface area contributed by atoms with Gasteiger partial charge in [-0.1, -0.05) is 31.5 Å². The molecule has 0 aromatic carbocycles. The molecule has 0 fully saturated rings. The molecule has 0 N–H and O–H groups in total. The highest BCUT2D eigenvalue weighted by molar-refractivity contribution is 6.31. The van der Waals surface area contributed by atoms with E-state index in [4.69, 9.17) is 11.6 Å². The van der Waals surface area contributed by atoms with E-state index in [0.717, 1.165) is 0 Å². The van der Waals surface area contributed by atoms with Gasteiger partial charge in [-0.15, -0.1) is 0 Å². The standard InChI is InChI=1S/C8H10ClF/c1-5-3-7(9)4-8(10)6(5)2/h3-6H,1-2H3. The van der Waals surface area contributed by atoms with E-state index >= 15 is 0 Å². The molecule has 0 spiro atoms. The Morgan fingerprint density at radius 1 is 1.50 bits per heavy atom. The van der Waals surface area contributed by atoms with Crippen molar-refractivity contribution in [3.63, 3.8) is 0 Å². The van der Waals surface area contributed by atoms with E-state index in [1.807, 2.05) is 19.9 Å². The van der Waals surface area contributed by atoms with Crippen LogP contribution in [0.3, 0.4) is 0 Å². The lowest BCUT2D eigenvalue weighted by molar-refractivity contribution is 0.416. The SMILES string of the molecule is CC1C=C(Cl)C=C(F)C1C.